The zero-order chi connectivity index (χ0) is 19.2. The molecule has 2 heterocycles. The second kappa shape index (κ2) is 8.68. The van der Waals surface area contributed by atoms with Crippen LogP contribution in [0.3, 0.4) is 0 Å². The van der Waals surface area contributed by atoms with E-state index in [4.69, 9.17) is 4.74 Å². The Morgan fingerprint density at radius 2 is 2.04 bits per heavy atom. The predicted molar refractivity (Wildman–Crippen MR) is 110 cm³/mol. The third kappa shape index (κ3) is 4.65. The van der Waals surface area contributed by atoms with Gasteiger partial charge in [0, 0.05) is 27.5 Å². The minimum absolute atomic E-state index is 0.117. The lowest BCUT2D eigenvalue weighted by molar-refractivity contribution is -0.120. The number of hydrogen-bond donors (Lipinski definition) is 1. The van der Waals surface area contributed by atoms with Crippen LogP contribution in [0.2, 0.25) is 0 Å². The second-order valence-electron chi connectivity index (χ2n) is 6.14. The Hall–Kier alpha value is -2.86. The van der Waals surface area contributed by atoms with Crippen molar-refractivity contribution in [3.63, 3.8) is 0 Å². The number of carbonyl (C=O) groups excluding carboxylic acids is 1. The van der Waals surface area contributed by atoms with Crippen LogP contribution >= 0.6 is 11.3 Å². The Labute approximate surface area is 163 Å². The van der Waals surface area contributed by atoms with Crippen molar-refractivity contribution in [1.29, 1.82) is 0 Å². The van der Waals surface area contributed by atoms with Crippen molar-refractivity contribution >= 4 is 23.5 Å². The van der Waals surface area contributed by atoms with Gasteiger partial charge in [0.05, 0.1) is 19.2 Å². The molecule has 0 atom stereocenters. The number of carbonyl (C=O) groups is 1. The Balaban J connectivity index is 1.70. The molecular formula is C21H23N3O2S. The van der Waals surface area contributed by atoms with Gasteiger partial charge in [0.2, 0.25) is 5.91 Å². The maximum atomic E-state index is 11.9. The molecule has 3 rings (SSSR count). The standard InChI is InChI=1S/C21H23N3O2S/c1-4-26-19-9-7-18(8-10-19)24-15(2)12-17(16(24)3)14-22-23-21(25)13-20-6-5-11-27-20/h5-12,14H,4,13H2,1-3H3,(H,23,25)/b22-14-. The molecule has 5 nitrogen and oxygen atoms in total. The van der Waals surface area contributed by atoms with Crippen LogP contribution in [0.25, 0.3) is 5.69 Å². The number of thiophene rings is 1. The molecule has 3 aromatic rings. The van der Waals surface area contributed by atoms with Gasteiger partial charge in [-0.3, -0.25) is 4.79 Å². The predicted octanol–water partition coefficient (Wildman–Crippen LogP) is 4.25. The summed E-state index contributed by atoms with van der Waals surface area (Å²) in [5, 5.41) is 6.08. The third-order valence-corrected chi connectivity index (χ3v) is 5.06. The van der Waals surface area contributed by atoms with Gasteiger partial charge in [-0.2, -0.15) is 5.10 Å². The van der Waals surface area contributed by atoms with E-state index in [2.05, 4.69) is 28.1 Å². The minimum Gasteiger partial charge on any atom is -0.494 e. The average Bonchev–Trinajstić information content (AvgIpc) is 3.24. The summed E-state index contributed by atoms with van der Waals surface area (Å²) in [6.07, 6.45) is 2.04. The van der Waals surface area contributed by atoms with Crippen molar-refractivity contribution in [1.82, 2.24) is 9.99 Å². The molecule has 0 aliphatic heterocycles. The van der Waals surface area contributed by atoms with Gasteiger partial charge in [0.1, 0.15) is 5.75 Å². The summed E-state index contributed by atoms with van der Waals surface area (Å²) in [4.78, 5) is 13.0. The minimum atomic E-state index is -0.117. The normalized spacial score (nSPS) is 11.1. The van der Waals surface area contributed by atoms with Crippen LogP contribution in [-0.4, -0.2) is 23.3 Å². The van der Waals surface area contributed by atoms with E-state index in [1.807, 2.05) is 55.6 Å². The SMILES string of the molecule is CCOc1ccc(-n2c(C)cc(/C=N\NC(=O)Cc3cccs3)c2C)cc1. The van der Waals surface area contributed by atoms with Crippen LogP contribution < -0.4 is 10.2 Å². The molecule has 1 N–H and O–H groups in total. The zero-order valence-electron chi connectivity index (χ0n) is 15.7. The van der Waals surface area contributed by atoms with Crippen LogP contribution in [0.5, 0.6) is 5.75 Å². The van der Waals surface area contributed by atoms with Crippen LogP contribution in [0.1, 0.15) is 28.8 Å². The Morgan fingerprint density at radius 1 is 1.26 bits per heavy atom. The van der Waals surface area contributed by atoms with Gasteiger partial charge in [-0.1, -0.05) is 6.07 Å². The summed E-state index contributed by atoms with van der Waals surface area (Å²) in [6, 6.07) is 13.9. The smallest absolute Gasteiger partial charge is 0.245 e. The number of nitrogens with zero attached hydrogens (tertiary/aromatic N) is 2. The van der Waals surface area contributed by atoms with Crippen LogP contribution in [0.15, 0.2) is 52.9 Å². The second-order valence-corrected chi connectivity index (χ2v) is 7.17. The van der Waals surface area contributed by atoms with E-state index in [1.54, 1.807) is 17.6 Å². The molecule has 140 valence electrons. The van der Waals surface area contributed by atoms with Crippen molar-refractivity contribution in [2.45, 2.75) is 27.2 Å². The van der Waals surface area contributed by atoms with E-state index < -0.39 is 0 Å². The van der Waals surface area contributed by atoms with Gasteiger partial charge in [0.15, 0.2) is 0 Å². The molecular weight excluding hydrogens is 358 g/mol. The molecule has 2 aromatic heterocycles. The number of nitrogens with one attached hydrogen (secondary N) is 1. The maximum absolute atomic E-state index is 11.9. The van der Waals surface area contributed by atoms with Crippen molar-refractivity contribution in [2.24, 2.45) is 5.10 Å². The number of hydrazone groups is 1. The first kappa shape index (κ1) is 18.9. The third-order valence-electron chi connectivity index (χ3n) is 4.18. The molecule has 1 amide bonds. The van der Waals surface area contributed by atoms with E-state index in [9.17, 15) is 4.79 Å². The highest BCUT2D eigenvalue weighted by Crippen LogP contribution is 2.22. The summed E-state index contributed by atoms with van der Waals surface area (Å²) in [5.41, 5.74) is 6.80. The Kier molecular flexibility index (Phi) is 6.08. The maximum Gasteiger partial charge on any atom is 0.245 e. The lowest BCUT2D eigenvalue weighted by Gasteiger charge is -2.10. The summed E-state index contributed by atoms with van der Waals surface area (Å²) >= 11 is 1.57. The van der Waals surface area contributed by atoms with Crippen LogP contribution in [0, 0.1) is 13.8 Å². The highest BCUT2D eigenvalue weighted by molar-refractivity contribution is 7.10. The van der Waals surface area contributed by atoms with Crippen LogP contribution in [-0.2, 0) is 11.2 Å². The number of hydrogen-bond acceptors (Lipinski definition) is 4. The van der Waals surface area contributed by atoms with E-state index in [0.717, 1.165) is 33.3 Å². The molecule has 0 bridgehead atoms. The summed E-state index contributed by atoms with van der Waals surface area (Å²) in [6.45, 7) is 6.72. The Morgan fingerprint density at radius 3 is 2.70 bits per heavy atom. The molecule has 27 heavy (non-hydrogen) atoms. The quantitative estimate of drug-likeness (QED) is 0.491. The van der Waals surface area contributed by atoms with Crippen molar-refractivity contribution in [2.75, 3.05) is 6.61 Å². The van der Waals surface area contributed by atoms with E-state index in [-0.39, 0.29) is 5.91 Å². The fourth-order valence-corrected chi connectivity index (χ4v) is 3.66. The highest BCUT2D eigenvalue weighted by atomic mass is 32.1. The lowest BCUT2D eigenvalue weighted by Crippen LogP contribution is -2.19. The summed E-state index contributed by atoms with van der Waals surface area (Å²) < 4.78 is 7.66. The van der Waals surface area contributed by atoms with Crippen molar-refractivity contribution in [3.05, 3.63) is 69.7 Å². The fourth-order valence-electron chi connectivity index (χ4n) is 2.96. The number of amides is 1. The largest absolute Gasteiger partial charge is 0.494 e. The van der Waals surface area contributed by atoms with E-state index in [1.165, 1.54) is 0 Å². The molecule has 0 saturated heterocycles. The molecule has 0 saturated carbocycles. The number of aryl methyl sites for hydroxylation is 1. The number of ether oxygens (including phenoxy) is 1. The first-order valence-electron chi connectivity index (χ1n) is 8.85. The van der Waals surface area contributed by atoms with Gasteiger partial charge >= 0.3 is 0 Å². The molecule has 0 aliphatic carbocycles. The number of aromatic nitrogens is 1. The average molecular weight is 382 g/mol. The molecule has 0 spiro atoms. The summed E-state index contributed by atoms with van der Waals surface area (Å²) in [5.74, 6) is 0.743. The molecule has 1 aromatic carbocycles. The van der Waals surface area contributed by atoms with Gasteiger partial charge in [-0.15, -0.1) is 11.3 Å². The molecule has 6 heteroatoms. The zero-order valence-corrected chi connectivity index (χ0v) is 16.5. The van der Waals surface area contributed by atoms with Crippen LogP contribution in [0.4, 0.5) is 0 Å². The topological polar surface area (TPSA) is 55.6 Å². The van der Waals surface area contributed by atoms with Gasteiger partial charge in [-0.05, 0) is 62.5 Å². The van der Waals surface area contributed by atoms with E-state index >= 15 is 0 Å². The molecule has 0 unspecified atom stereocenters. The molecule has 0 aliphatic rings. The van der Waals surface area contributed by atoms with Crippen molar-refractivity contribution in [3.8, 4) is 11.4 Å². The van der Waals surface area contributed by atoms with E-state index in [0.29, 0.717) is 13.0 Å². The number of rotatable bonds is 7. The van der Waals surface area contributed by atoms with Crippen molar-refractivity contribution < 1.29 is 9.53 Å². The fraction of sp³-hybridized carbons (Fsp3) is 0.238. The van der Waals surface area contributed by atoms with Gasteiger partial charge in [-0.25, -0.2) is 5.43 Å². The van der Waals surface area contributed by atoms with Gasteiger partial charge in [0.25, 0.3) is 0 Å². The molecule has 0 fully saturated rings. The highest BCUT2D eigenvalue weighted by Gasteiger charge is 2.10. The summed E-state index contributed by atoms with van der Waals surface area (Å²) in [7, 11) is 0. The monoisotopic (exact) mass is 381 g/mol. The molecule has 0 radical (unpaired) electrons. The Bertz CT molecular complexity index is 925. The first-order valence-corrected chi connectivity index (χ1v) is 9.73. The number of benzene rings is 1. The lowest BCUT2D eigenvalue weighted by atomic mass is 10.2. The van der Waals surface area contributed by atoms with Gasteiger partial charge < -0.3 is 9.30 Å². The first-order chi connectivity index (χ1) is 13.1.